The number of hydrogen-bond donors (Lipinski definition) is 1. The zero-order chi connectivity index (χ0) is 19.3. The van der Waals surface area contributed by atoms with Crippen LogP contribution in [-0.2, 0) is 14.4 Å². The van der Waals surface area contributed by atoms with E-state index in [1.54, 1.807) is 0 Å². The highest BCUT2D eigenvalue weighted by molar-refractivity contribution is 6.30. The normalized spacial score (nSPS) is 17.0. The third kappa shape index (κ3) is 5.73. The van der Waals surface area contributed by atoms with E-state index in [0.717, 1.165) is 6.07 Å². The summed E-state index contributed by atoms with van der Waals surface area (Å²) >= 11 is 5.51. The number of ether oxygens (including phenoxy) is 1. The number of nitrogens with one attached hydrogen (secondary N) is 1. The van der Waals surface area contributed by atoms with Crippen LogP contribution in [0.5, 0.6) is 5.75 Å². The fourth-order valence-electron chi connectivity index (χ4n) is 2.23. The maximum absolute atomic E-state index is 13.3. The van der Waals surface area contributed by atoms with Crippen molar-refractivity contribution in [3.63, 3.8) is 0 Å². The molecule has 1 heterocycles. The molecule has 0 bridgehead atoms. The van der Waals surface area contributed by atoms with Gasteiger partial charge in [0.15, 0.2) is 6.61 Å². The van der Waals surface area contributed by atoms with Crippen LogP contribution in [0.25, 0.3) is 0 Å². The Labute approximate surface area is 150 Å². The van der Waals surface area contributed by atoms with Gasteiger partial charge in [-0.2, -0.15) is 18.2 Å². The molecular weight excluding hydrogens is 384 g/mol. The van der Waals surface area contributed by atoms with Gasteiger partial charge >= 0.3 is 12.1 Å². The third-order valence-electron chi connectivity index (χ3n) is 3.54. The Balaban J connectivity index is 2.00. The molecule has 1 saturated heterocycles. The summed E-state index contributed by atoms with van der Waals surface area (Å²) in [5.74, 6) is -4.52. The summed E-state index contributed by atoms with van der Waals surface area (Å²) in [6.07, 6.45) is -4.64. The molecule has 1 N–H and O–H groups in total. The molecule has 1 aliphatic heterocycles. The zero-order valence-corrected chi connectivity index (χ0v) is 14.1. The van der Waals surface area contributed by atoms with Crippen molar-refractivity contribution < 1.29 is 36.7 Å². The quantitative estimate of drug-likeness (QED) is 0.609. The smallest absolute Gasteiger partial charge is 0.484 e. The Bertz CT molecular complexity index is 666. The molecule has 2 rings (SSSR count). The topological polar surface area (TPSA) is 67.9 Å². The summed E-state index contributed by atoms with van der Waals surface area (Å²) in [7, 11) is 0. The minimum atomic E-state index is -5.24. The average molecular weight is 399 g/mol. The van der Waals surface area contributed by atoms with Crippen molar-refractivity contribution in [2.24, 2.45) is 5.92 Å². The summed E-state index contributed by atoms with van der Waals surface area (Å²) in [6.45, 7) is 0.148. The largest absolute Gasteiger partial charge is 0.493 e. The molecule has 1 aromatic rings. The van der Waals surface area contributed by atoms with E-state index in [-0.39, 0.29) is 23.2 Å². The predicted octanol–water partition coefficient (Wildman–Crippen LogP) is 2.32. The van der Waals surface area contributed by atoms with E-state index in [0.29, 0.717) is 24.6 Å². The number of halogens is 5. The van der Waals surface area contributed by atoms with E-state index in [4.69, 9.17) is 16.3 Å². The molecular formula is C15H15ClF4N2O4. The van der Waals surface area contributed by atoms with Crippen LogP contribution < -0.4 is 10.1 Å². The average Bonchev–Trinajstić information content (AvgIpc) is 3.07. The Morgan fingerprint density at radius 3 is 2.65 bits per heavy atom. The number of nitrogens with zero attached hydrogens (tertiary/aromatic N) is 1. The van der Waals surface area contributed by atoms with E-state index in [2.05, 4.69) is 10.2 Å². The fourth-order valence-corrected chi connectivity index (χ4v) is 2.35. The standard InChI is InChI=1S/C15H15ClF4N2O4/c16-11-2-1-10(5-12(11)17)25-8-13(23)22(7-9-3-4-21-6-9)26-14(24)15(18,19)20/h1-2,5,9,21H,3-4,6-8H2. The van der Waals surface area contributed by atoms with Gasteiger partial charge in [0.25, 0.3) is 5.91 Å². The summed E-state index contributed by atoms with van der Waals surface area (Å²) in [5.41, 5.74) is 0. The molecule has 0 aliphatic carbocycles. The van der Waals surface area contributed by atoms with Gasteiger partial charge in [-0.1, -0.05) is 11.6 Å². The highest BCUT2D eigenvalue weighted by Gasteiger charge is 2.43. The molecule has 1 fully saturated rings. The first-order valence-corrected chi connectivity index (χ1v) is 7.92. The maximum Gasteiger partial charge on any atom is 0.493 e. The molecule has 1 amide bonds. The Hall–Kier alpha value is -2.07. The lowest BCUT2D eigenvalue weighted by Crippen LogP contribution is -2.43. The number of rotatable bonds is 5. The van der Waals surface area contributed by atoms with Crippen molar-refractivity contribution in [2.75, 3.05) is 26.2 Å². The highest BCUT2D eigenvalue weighted by atomic mass is 35.5. The van der Waals surface area contributed by atoms with E-state index in [1.807, 2.05) is 0 Å². The van der Waals surface area contributed by atoms with Crippen LogP contribution in [0.4, 0.5) is 17.6 Å². The van der Waals surface area contributed by atoms with Gasteiger partial charge in [0.05, 0.1) is 11.6 Å². The van der Waals surface area contributed by atoms with Gasteiger partial charge in [-0.15, -0.1) is 0 Å². The number of carbonyl (C=O) groups excluding carboxylic acids is 2. The van der Waals surface area contributed by atoms with Crippen LogP contribution in [0.15, 0.2) is 18.2 Å². The lowest BCUT2D eigenvalue weighted by molar-refractivity contribution is -0.238. The number of benzene rings is 1. The van der Waals surface area contributed by atoms with Gasteiger partial charge in [0.2, 0.25) is 0 Å². The molecule has 0 spiro atoms. The molecule has 1 aromatic carbocycles. The second-order valence-electron chi connectivity index (χ2n) is 5.55. The predicted molar refractivity (Wildman–Crippen MR) is 81.7 cm³/mol. The molecule has 0 radical (unpaired) electrons. The Morgan fingerprint density at radius 2 is 2.08 bits per heavy atom. The molecule has 6 nitrogen and oxygen atoms in total. The van der Waals surface area contributed by atoms with Crippen molar-refractivity contribution in [2.45, 2.75) is 12.6 Å². The summed E-state index contributed by atoms with van der Waals surface area (Å²) in [4.78, 5) is 27.4. The molecule has 1 aliphatic rings. The molecule has 144 valence electrons. The lowest BCUT2D eigenvalue weighted by atomic mass is 10.1. The summed E-state index contributed by atoms with van der Waals surface area (Å²) in [5, 5.41) is 3.16. The molecule has 0 saturated carbocycles. The van der Waals surface area contributed by atoms with Gasteiger partial charge in [0.1, 0.15) is 11.6 Å². The zero-order valence-electron chi connectivity index (χ0n) is 13.3. The highest BCUT2D eigenvalue weighted by Crippen LogP contribution is 2.21. The van der Waals surface area contributed by atoms with Gasteiger partial charge in [-0.05, 0) is 37.6 Å². The second-order valence-corrected chi connectivity index (χ2v) is 5.96. The van der Waals surface area contributed by atoms with Crippen molar-refractivity contribution in [1.82, 2.24) is 10.4 Å². The number of hydrogen-bond acceptors (Lipinski definition) is 5. The van der Waals surface area contributed by atoms with E-state index in [9.17, 15) is 27.2 Å². The molecule has 26 heavy (non-hydrogen) atoms. The fraction of sp³-hybridized carbons (Fsp3) is 0.467. The number of carbonyl (C=O) groups is 2. The Kier molecular flexibility index (Phi) is 6.65. The monoisotopic (exact) mass is 398 g/mol. The minimum absolute atomic E-state index is 0.0510. The summed E-state index contributed by atoms with van der Waals surface area (Å²) in [6, 6.07) is 3.40. The van der Waals surface area contributed by atoms with Gasteiger partial charge in [0, 0.05) is 6.07 Å². The van der Waals surface area contributed by atoms with Crippen LogP contribution in [-0.4, -0.2) is 49.4 Å². The van der Waals surface area contributed by atoms with Crippen LogP contribution >= 0.6 is 11.6 Å². The maximum atomic E-state index is 13.3. The van der Waals surface area contributed by atoms with Crippen molar-refractivity contribution >= 4 is 23.5 Å². The first kappa shape index (κ1) is 20.2. The molecule has 0 aromatic heterocycles. The van der Waals surface area contributed by atoms with Crippen LogP contribution in [0.3, 0.4) is 0 Å². The van der Waals surface area contributed by atoms with Gasteiger partial charge in [-0.3, -0.25) is 4.79 Å². The number of amides is 1. The van der Waals surface area contributed by atoms with Crippen LogP contribution in [0.2, 0.25) is 5.02 Å². The van der Waals surface area contributed by atoms with E-state index < -0.39 is 30.5 Å². The SMILES string of the molecule is O=C(COc1ccc(Cl)c(F)c1)N(CC1CCNC1)OC(=O)C(F)(F)F. The van der Waals surface area contributed by atoms with Gasteiger partial charge < -0.3 is 14.9 Å². The lowest BCUT2D eigenvalue weighted by Gasteiger charge is -2.24. The van der Waals surface area contributed by atoms with Crippen molar-refractivity contribution in [1.29, 1.82) is 0 Å². The number of alkyl halides is 3. The number of hydroxylamine groups is 2. The molecule has 1 atom stereocenters. The van der Waals surface area contributed by atoms with Crippen molar-refractivity contribution in [3.05, 3.63) is 29.0 Å². The Morgan fingerprint density at radius 1 is 1.35 bits per heavy atom. The first-order chi connectivity index (χ1) is 12.2. The van der Waals surface area contributed by atoms with E-state index in [1.165, 1.54) is 12.1 Å². The first-order valence-electron chi connectivity index (χ1n) is 7.55. The van der Waals surface area contributed by atoms with Crippen LogP contribution in [0, 0.1) is 11.7 Å². The van der Waals surface area contributed by atoms with E-state index >= 15 is 0 Å². The molecule has 1 unspecified atom stereocenters. The molecule has 11 heteroatoms. The van der Waals surface area contributed by atoms with Crippen LogP contribution in [0.1, 0.15) is 6.42 Å². The summed E-state index contributed by atoms with van der Waals surface area (Å²) < 4.78 is 55.6. The third-order valence-corrected chi connectivity index (χ3v) is 3.85. The van der Waals surface area contributed by atoms with Gasteiger partial charge in [-0.25, -0.2) is 9.18 Å². The second kappa shape index (κ2) is 8.54. The minimum Gasteiger partial charge on any atom is -0.484 e. The van der Waals surface area contributed by atoms with Crippen molar-refractivity contribution in [3.8, 4) is 5.75 Å².